The maximum atomic E-state index is 13.9. The van der Waals surface area contributed by atoms with Crippen molar-refractivity contribution in [1.29, 1.82) is 0 Å². The first-order valence-electron chi connectivity index (χ1n) is 5.73. The van der Waals surface area contributed by atoms with E-state index >= 15 is 0 Å². The molecule has 22 heavy (non-hydrogen) atoms. The van der Waals surface area contributed by atoms with Gasteiger partial charge in [0.2, 0.25) is 0 Å². The highest BCUT2D eigenvalue weighted by Gasteiger charge is 2.40. The van der Waals surface area contributed by atoms with Gasteiger partial charge >= 0.3 is 11.2 Å². The monoisotopic (exact) mass is 366 g/mol. The molecular formula is C13H7Cl2F3N2OS. The number of carbonyl (C=O) groups is 1. The molecule has 0 aliphatic rings. The fourth-order valence-electron chi connectivity index (χ4n) is 1.44. The van der Waals surface area contributed by atoms with E-state index in [1.165, 1.54) is 12.1 Å². The van der Waals surface area contributed by atoms with Crippen LogP contribution in [0.25, 0.3) is 0 Å². The first kappa shape index (κ1) is 16.9. The maximum Gasteiger partial charge on any atom is 0.375 e. The minimum atomic E-state index is -3.76. The minimum absolute atomic E-state index is 0.00330. The molecule has 0 saturated heterocycles. The molecule has 1 aromatic carbocycles. The Bertz CT molecular complexity index is 678. The average Bonchev–Trinajstić information content (AvgIpc) is 2.40. The zero-order valence-electron chi connectivity index (χ0n) is 10.6. The molecule has 0 radical (unpaired) electrons. The van der Waals surface area contributed by atoms with Crippen LogP contribution in [0.4, 0.5) is 18.9 Å². The summed E-state index contributed by atoms with van der Waals surface area (Å²) in [6, 6.07) is 6.73. The highest BCUT2D eigenvalue weighted by atomic mass is 35.5. The molecule has 2 rings (SSSR count). The molecule has 3 nitrogen and oxygen atoms in total. The van der Waals surface area contributed by atoms with E-state index in [-0.39, 0.29) is 32.7 Å². The molecule has 0 unspecified atom stereocenters. The van der Waals surface area contributed by atoms with E-state index in [0.717, 1.165) is 24.3 Å². The second-order valence-corrected chi connectivity index (χ2v) is 5.99. The Labute approximate surface area is 137 Å². The molecule has 0 aliphatic carbocycles. The second-order valence-electron chi connectivity index (χ2n) is 4.03. The summed E-state index contributed by atoms with van der Waals surface area (Å²) in [5.74, 6) is -2.11. The number of pyridine rings is 1. The third-order valence-corrected chi connectivity index (χ3v) is 3.68. The Morgan fingerprint density at radius 1 is 1.14 bits per heavy atom. The summed E-state index contributed by atoms with van der Waals surface area (Å²) in [4.78, 5) is 15.3. The molecule has 0 fully saturated rings. The van der Waals surface area contributed by atoms with E-state index in [9.17, 15) is 18.0 Å². The molecular weight excluding hydrogens is 360 g/mol. The van der Waals surface area contributed by atoms with Crippen molar-refractivity contribution in [2.24, 2.45) is 0 Å². The van der Waals surface area contributed by atoms with Crippen molar-refractivity contribution in [1.82, 2.24) is 4.98 Å². The minimum Gasteiger partial charge on any atom is -0.320 e. The van der Waals surface area contributed by atoms with Gasteiger partial charge in [-0.05, 0) is 48.2 Å². The van der Waals surface area contributed by atoms with Gasteiger partial charge in [0, 0.05) is 10.6 Å². The smallest absolute Gasteiger partial charge is 0.320 e. The Kier molecular flexibility index (Phi) is 5.20. The van der Waals surface area contributed by atoms with Crippen LogP contribution in [0.3, 0.4) is 0 Å². The molecule has 1 heterocycles. The SMILES string of the molecule is O=C(Nc1cc(Cl)nc(Cl)c1)C(F)(F)Sc1ccc(F)cc1. The molecule has 2 aromatic rings. The van der Waals surface area contributed by atoms with Crippen LogP contribution >= 0.6 is 35.0 Å². The molecule has 0 atom stereocenters. The summed E-state index contributed by atoms with van der Waals surface area (Å²) < 4.78 is 40.5. The summed E-state index contributed by atoms with van der Waals surface area (Å²) in [5, 5.41) is -1.85. The van der Waals surface area contributed by atoms with Gasteiger partial charge in [-0.15, -0.1) is 0 Å². The van der Waals surface area contributed by atoms with Crippen LogP contribution in [-0.2, 0) is 4.79 Å². The molecule has 0 spiro atoms. The zero-order chi connectivity index (χ0) is 16.3. The number of anilines is 1. The number of hydrogen-bond acceptors (Lipinski definition) is 3. The zero-order valence-corrected chi connectivity index (χ0v) is 12.9. The van der Waals surface area contributed by atoms with Gasteiger partial charge in [0.25, 0.3) is 0 Å². The topological polar surface area (TPSA) is 42.0 Å². The van der Waals surface area contributed by atoms with Crippen molar-refractivity contribution in [3.63, 3.8) is 0 Å². The van der Waals surface area contributed by atoms with Crippen LogP contribution < -0.4 is 5.32 Å². The molecule has 9 heteroatoms. The summed E-state index contributed by atoms with van der Waals surface area (Å²) in [6.07, 6.45) is 0. The predicted octanol–water partition coefficient (Wildman–Crippen LogP) is 4.85. The van der Waals surface area contributed by atoms with Crippen molar-refractivity contribution < 1.29 is 18.0 Å². The van der Waals surface area contributed by atoms with Gasteiger partial charge in [0.15, 0.2) is 0 Å². The summed E-state index contributed by atoms with van der Waals surface area (Å²) in [5.41, 5.74) is -0.00520. The number of thioether (sulfide) groups is 1. The van der Waals surface area contributed by atoms with Crippen LogP contribution in [0.5, 0.6) is 0 Å². The highest BCUT2D eigenvalue weighted by Crippen LogP contribution is 2.37. The Hall–Kier alpha value is -1.44. The van der Waals surface area contributed by atoms with Crippen molar-refractivity contribution in [2.45, 2.75) is 10.2 Å². The number of nitrogens with zero attached hydrogens (tertiary/aromatic N) is 1. The number of amides is 1. The second kappa shape index (κ2) is 6.76. The third-order valence-electron chi connectivity index (χ3n) is 2.34. The predicted molar refractivity (Wildman–Crippen MR) is 80.1 cm³/mol. The lowest BCUT2D eigenvalue weighted by atomic mass is 10.4. The number of hydrogen-bond donors (Lipinski definition) is 1. The van der Waals surface area contributed by atoms with Crippen LogP contribution in [0.2, 0.25) is 10.3 Å². The highest BCUT2D eigenvalue weighted by molar-refractivity contribution is 8.01. The lowest BCUT2D eigenvalue weighted by molar-refractivity contribution is -0.129. The van der Waals surface area contributed by atoms with E-state index in [0.29, 0.717) is 0 Å². The van der Waals surface area contributed by atoms with E-state index in [1.54, 1.807) is 0 Å². The van der Waals surface area contributed by atoms with Crippen molar-refractivity contribution in [3.8, 4) is 0 Å². The van der Waals surface area contributed by atoms with Crippen molar-refractivity contribution in [3.05, 3.63) is 52.5 Å². The average molecular weight is 367 g/mol. The number of rotatable bonds is 4. The van der Waals surface area contributed by atoms with Crippen LogP contribution in [-0.4, -0.2) is 16.1 Å². The van der Waals surface area contributed by atoms with Gasteiger partial charge in [-0.3, -0.25) is 4.79 Å². The summed E-state index contributed by atoms with van der Waals surface area (Å²) in [6.45, 7) is 0. The summed E-state index contributed by atoms with van der Waals surface area (Å²) >= 11 is 11.2. The van der Waals surface area contributed by atoms with Gasteiger partial charge in [0.1, 0.15) is 16.1 Å². The fourth-order valence-corrected chi connectivity index (χ4v) is 2.61. The molecule has 0 aliphatic heterocycles. The van der Waals surface area contributed by atoms with Crippen LogP contribution in [0.15, 0.2) is 41.3 Å². The Morgan fingerprint density at radius 2 is 1.68 bits per heavy atom. The fraction of sp³-hybridized carbons (Fsp3) is 0.0769. The molecule has 1 N–H and O–H groups in total. The number of nitrogens with one attached hydrogen (secondary N) is 1. The Morgan fingerprint density at radius 3 is 2.23 bits per heavy atom. The number of aromatic nitrogens is 1. The number of halogens is 5. The number of carbonyl (C=O) groups excluding carboxylic acids is 1. The Balaban J connectivity index is 2.11. The molecule has 116 valence electrons. The summed E-state index contributed by atoms with van der Waals surface area (Å²) in [7, 11) is 0. The molecule has 1 aromatic heterocycles. The van der Waals surface area contributed by atoms with Crippen molar-refractivity contribution in [2.75, 3.05) is 5.32 Å². The van der Waals surface area contributed by atoms with Gasteiger partial charge < -0.3 is 5.32 Å². The quantitative estimate of drug-likeness (QED) is 0.621. The maximum absolute atomic E-state index is 13.9. The standard InChI is InChI=1S/C13H7Cl2F3N2OS/c14-10-5-8(6-11(15)20-10)19-12(21)13(17,18)22-9-3-1-7(16)2-4-9/h1-6H,(H,19,20,21). The largest absolute Gasteiger partial charge is 0.375 e. The number of alkyl halides is 2. The molecule has 0 saturated carbocycles. The van der Waals surface area contributed by atoms with Gasteiger partial charge in [-0.25, -0.2) is 9.37 Å². The van der Waals surface area contributed by atoms with Gasteiger partial charge in [-0.2, -0.15) is 8.78 Å². The van der Waals surface area contributed by atoms with Crippen LogP contribution in [0.1, 0.15) is 0 Å². The van der Waals surface area contributed by atoms with Crippen LogP contribution in [0, 0.1) is 5.82 Å². The molecule has 1 amide bonds. The number of benzene rings is 1. The third kappa shape index (κ3) is 4.53. The lowest BCUT2D eigenvalue weighted by Gasteiger charge is -2.15. The van der Waals surface area contributed by atoms with Gasteiger partial charge in [0.05, 0.1) is 0 Å². The first-order chi connectivity index (χ1) is 10.3. The normalized spacial score (nSPS) is 11.3. The van der Waals surface area contributed by atoms with E-state index < -0.39 is 17.0 Å². The lowest BCUT2D eigenvalue weighted by Crippen LogP contribution is -2.31. The van der Waals surface area contributed by atoms with Crippen molar-refractivity contribution >= 4 is 46.6 Å². The van der Waals surface area contributed by atoms with E-state index in [1.807, 2.05) is 5.32 Å². The van der Waals surface area contributed by atoms with E-state index in [4.69, 9.17) is 23.2 Å². The first-order valence-corrected chi connectivity index (χ1v) is 7.30. The van der Waals surface area contributed by atoms with E-state index in [2.05, 4.69) is 4.98 Å². The molecule has 0 bridgehead atoms. The van der Waals surface area contributed by atoms with Gasteiger partial charge in [-0.1, -0.05) is 23.2 Å².